The minimum Gasteiger partial charge on any atom is -0.315 e. The van der Waals surface area contributed by atoms with E-state index in [0.717, 1.165) is 25.5 Å². The zero-order valence-electron chi connectivity index (χ0n) is 11.9. The molecule has 1 aromatic carbocycles. The Bertz CT molecular complexity index is 569. The van der Waals surface area contributed by atoms with Gasteiger partial charge in [-0.3, -0.25) is 0 Å². The highest BCUT2D eigenvalue weighted by atomic mass is 32.2. The van der Waals surface area contributed by atoms with Gasteiger partial charge in [-0.15, -0.1) is 0 Å². The number of hydrogen-bond acceptors (Lipinski definition) is 3. The van der Waals surface area contributed by atoms with Crippen molar-refractivity contribution >= 4 is 10.0 Å². The molecule has 4 nitrogen and oxygen atoms in total. The van der Waals surface area contributed by atoms with Crippen LogP contribution < -0.4 is 5.32 Å². The van der Waals surface area contributed by atoms with Gasteiger partial charge in [-0.1, -0.05) is 13.0 Å². The molecule has 0 bridgehead atoms. The van der Waals surface area contributed by atoms with E-state index in [1.165, 1.54) is 16.4 Å². The SMILES string of the molecule is CCN(C1CCCNC1)S(=O)(=O)c1ccc(C)c(F)c1. The standard InChI is InChI=1S/C14H21FN2O2S/c1-3-17(12-5-4-8-16-10-12)20(18,19)13-7-6-11(2)14(15)9-13/h6-7,9,12,16H,3-5,8,10H2,1-2H3. The molecule has 1 aromatic rings. The molecule has 0 aromatic heterocycles. The van der Waals surface area contributed by atoms with Crippen LogP contribution in [-0.4, -0.2) is 38.4 Å². The predicted octanol–water partition coefficient (Wildman–Crippen LogP) is 1.90. The Morgan fingerprint density at radius 2 is 2.20 bits per heavy atom. The summed E-state index contributed by atoms with van der Waals surface area (Å²) in [6, 6.07) is 4.05. The summed E-state index contributed by atoms with van der Waals surface area (Å²) in [5, 5.41) is 3.21. The van der Waals surface area contributed by atoms with Crippen molar-refractivity contribution in [2.24, 2.45) is 0 Å². The molecule has 0 saturated carbocycles. The summed E-state index contributed by atoms with van der Waals surface area (Å²) in [6.07, 6.45) is 1.80. The number of likely N-dealkylation sites (N-methyl/N-ethyl adjacent to an activating group) is 1. The molecule has 0 amide bonds. The van der Waals surface area contributed by atoms with Gasteiger partial charge in [0.05, 0.1) is 4.90 Å². The topological polar surface area (TPSA) is 49.4 Å². The molecule has 1 unspecified atom stereocenters. The molecule has 112 valence electrons. The van der Waals surface area contributed by atoms with Gasteiger partial charge in [0.1, 0.15) is 5.82 Å². The zero-order chi connectivity index (χ0) is 14.8. The van der Waals surface area contributed by atoms with E-state index in [2.05, 4.69) is 5.32 Å². The molecule has 2 rings (SSSR count). The Labute approximate surface area is 120 Å². The van der Waals surface area contributed by atoms with Gasteiger partial charge in [-0.25, -0.2) is 12.8 Å². The average Bonchev–Trinajstić information content (AvgIpc) is 2.43. The van der Waals surface area contributed by atoms with Crippen LogP contribution >= 0.6 is 0 Å². The molecule has 1 aliphatic rings. The molecule has 0 radical (unpaired) electrons. The Morgan fingerprint density at radius 3 is 2.75 bits per heavy atom. The van der Waals surface area contributed by atoms with Crippen LogP contribution in [0, 0.1) is 12.7 Å². The molecular weight excluding hydrogens is 279 g/mol. The maximum Gasteiger partial charge on any atom is 0.243 e. The van der Waals surface area contributed by atoms with Crippen molar-refractivity contribution in [3.63, 3.8) is 0 Å². The van der Waals surface area contributed by atoms with Crippen molar-refractivity contribution in [3.05, 3.63) is 29.6 Å². The summed E-state index contributed by atoms with van der Waals surface area (Å²) in [6.45, 7) is 5.41. The Balaban J connectivity index is 2.32. The van der Waals surface area contributed by atoms with Gasteiger partial charge in [0.25, 0.3) is 0 Å². The molecule has 1 N–H and O–H groups in total. The van der Waals surface area contributed by atoms with Gasteiger partial charge in [0.15, 0.2) is 0 Å². The number of benzene rings is 1. The maximum atomic E-state index is 13.6. The first-order chi connectivity index (χ1) is 9.46. The fraction of sp³-hybridized carbons (Fsp3) is 0.571. The van der Waals surface area contributed by atoms with E-state index in [0.29, 0.717) is 18.7 Å². The van der Waals surface area contributed by atoms with E-state index in [1.807, 2.05) is 6.92 Å². The van der Waals surface area contributed by atoms with Crippen LogP contribution in [0.5, 0.6) is 0 Å². The van der Waals surface area contributed by atoms with Crippen LogP contribution in [-0.2, 0) is 10.0 Å². The third-order valence-corrected chi connectivity index (χ3v) is 5.76. The van der Waals surface area contributed by atoms with Crippen molar-refractivity contribution in [1.29, 1.82) is 0 Å². The van der Waals surface area contributed by atoms with Gasteiger partial charge in [0.2, 0.25) is 10.0 Å². The van der Waals surface area contributed by atoms with Crippen LogP contribution in [0.3, 0.4) is 0 Å². The minimum absolute atomic E-state index is 0.0352. The molecule has 6 heteroatoms. The molecule has 0 aliphatic carbocycles. The largest absolute Gasteiger partial charge is 0.315 e. The van der Waals surface area contributed by atoms with Gasteiger partial charge in [-0.05, 0) is 44.0 Å². The number of halogens is 1. The van der Waals surface area contributed by atoms with E-state index in [9.17, 15) is 12.8 Å². The van der Waals surface area contributed by atoms with Crippen LogP contribution in [0.15, 0.2) is 23.1 Å². The zero-order valence-corrected chi connectivity index (χ0v) is 12.7. The molecule has 1 heterocycles. The number of hydrogen-bond donors (Lipinski definition) is 1. The number of aryl methyl sites for hydroxylation is 1. The van der Waals surface area contributed by atoms with E-state index >= 15 is 0 Å². The maximum absolute atomic E-state index is 13.6. The van der Waals surface area contributed by atoms with Crippen molar-refractivity contribution in [2.45, 2.75) is 37.6 Å². The van der Waals surface area contributed by atoms with Crippen LogP contribution in [0.1, 0.15) is 25.3 Å². The quantitative estimate of drug-likeness (QED) is 0.924. The third kappa shape index (κ3) is 3.02. The average molecular weight is 300 g/mol. The van der Waals surface area contributed by atoms with E-state index in [4.69, 9.17) is 0 Å². The van der Waals surface area contributed by atoms with Crippen molar-refractivity contribution in [3.8, 4) is 0 Å². The first kappa shape index (κ1) is 15.4. The summed E-state index contributed by atoms with van der Waals surface area (Å²) in [7, 11) is -3.64. The fourth-order valence-corrected chi connectivity index (χ4v) is 4.25. The third-order valence-electron chi connectivity index (χ3n) is 3.74. The Morgan fingerprint density at radius 1 is 1.45 bits per heavy atom. The molecule has 20 heavy (non-hydrogen) atoms. The van der Waals surface area contributed by atoms with Crippen molar-refractivity contribution in [2.75, 3.05) is 19.6 Å². The molecule has 1 fully saturated rings. The second-order valence-electron chi connectivity index (χ2n) is 5.12. The second-order valence-corrected chi connectivity index (χ2v) is 7.01. The number of rotatable bonds is 4. The summed E-state index contributed by atoms with van der Waals surface area (Å²) in [4.78, 5) is 0.0352. The summed E-state index contributed by atoms with van der Waals surface area (Å²) in [5.74, 6) is -0.483. The Kier molecular flexibility index (Phi) is 4.78. The predicted molar refractivity (Wildman–Crippen MR) is 76.6 cm³/mol. The lowest BCUT2D eigenvalue weighted by molar-refractivity contribution is 0.274. The second kappa shape index (κ2) is 6.20. The normalized spacial score (nSPS) is 20.3. The molecular formula is C14H21FN2O2S. The van der Waals surface area contributed by atoms with E-state index in [1.54, 1.807) is 6.92 Å². The molecule has 0 spiro atoms. The lowest BCUT2D eigenvalue weighted by Crippen LogP contribution is -2.48. The monoisotopic (exact) mass is 300 g/mol. The number of sulfonamides is 1. The Hall–Kier alpha value is -0.980. The number of nitrogens with zero attached hydrogens (tertiary/aromatic N) is 1. The highest BCUT2D eigenvalue weighted by molar-refractivity contribution is 7.89. The van der Waals surface area contributed by atoms with E-state index < -0.39 is 15.8 Å². The van der Waals surface area contributed by atoms with Gasteiger partial charge in [-0.2, -0.15) is 4.31 Å². The molecule has 1 aliphatic heterocycles. The van der Waals surface area contributed by atoms with Gasteiger partial charge < -0.3 is 5.32 Å². The van der Waals surface area contributed by atoms with Crippen molar-refractivity contribution < 1.29 is 12.8 Å². The molecule has 1 atom stereocenters. The lowest BCUT2D eigenvalue weighted by Gasteiger charge is -2.33. The fourth-order valence-electron chi connectivity index (χ4n) is 2.57. The van der Waals surface area contributed by atoms with Crippen molar-refractivity contribution in [1.82, 2.24) is 9.62 Å². The summed E-state index contributed by atoms with van der Waals surface area (Å²) in [5.41, 5.74) is 0.450. The number of piperidine rings is 1. The highest BCUT2D eigenvalue weighted by Gasteiger charge is 2.31. The number of nitrogens with one attached hydrogen (secondary N) is 1. The van der Waals surface area contributed by atoms with Crippen LogP contribution in [0.25, 0.3) is 0 Å². The smallest absolute Gasteiger partial charge is 0.243 e. The summed E-state index contributed by atoms with van der Waals surface area (Å²) >= 11 is 0. The first-order valence-corrected chi connectivity index (χ1v) is 8.39. The first-order valence-electron chi connectivity index (χ1n) is 6.95. The van der Waals surface area contributed by atoms with Crippen LogP contribution in [0.4, 0.5) is 4.39 Å². The molecule has 1 saturated heterocycles. The van der Waals surface area contributed by atoms with Gasteiger partial charge in [0, 0.05) is 19.1 Å². The van der Waals surface area contributed by atoms with E-state index in [-0.39, 0.29) is 10.9 Å². The van der Waals surface area contributed by atoms with Crippen LogP contribution in [0.2, 0.25) is 0 Å². The summed E-state index contributed by atoms with van der Waals surface area (Å²) < 4.78 is 40.4. The minimum atomic E-state index is -3.64. The lowest BCUT2D eigenvalue weighted by atomic mass is 10.1. The van der Waals surface area contributed by atoms with Gasteiger partial charge >= 0.3 is 0 Å². The highest BCUT2D eigenvalue weighted by Crippen LogP contribution is 2.22.